The Morgan fingerprint density at radius 2 is 1.74 bits per heavy atom. The summed E-state index contributed by atoms with van der Waals surface area (Å²) in [4.78, 5) is 4.37. The average Bonchev–Trinajstić information content (AvgIpc) is 2.70. The van der Waals surface area contributed by atoms with Crippen molar-refractivity contribution >= 4 is 39.8 Å². The predicted octanol–water partition coefficient (Wildman–Crippen LogP) is 3.97. The first-order chi connectivity index (χ1) is 14.4. The molecule has 0 unspecified atom stereocenters. The van der Waals surface area contributed by atoms with Crippen LogP contribution in [-0.4, -0.2) is 39.8 Å². The number of halogens is 3. The number of ether oxygens (including phenoxy) is 1. The van der Waals surface area contributed by atoms with Gasteiger partial charge in [-0.25, -0.2) is 13.4 Å². The molecule has 172 valence electrons. The van der Waals surface area contributed by atoms with Crippen LogP contribution in [0.1, 0.15) is 24.5 Å². The van der Waals surface area contributed by atoms with Gasteiger partial charge in [0.15, 0.2) is 15.8 Å². The minimum atomic E-state index is -3.21. The van der Waals surface area contributed by atoms with Crippen LogP contribution in [0.25, 0.3) is 0 Å². The Hall–Kier alpha value is -1.95. The Balaban J connectivity index is 0.00000480. The molecule has 0 fully saturated rings. The summed E-state index contributed by atoms with van der Waals surface area (Å²) in [5.74, 6) is 0.631. The van der Waals surface area contributed by atoms with E-state index in [9.17, 15) is 17.2 Å². The zero-order chi connectivity index (χ0) is 21.8. The van der Waals surface area contributed by atoms with Gasteiger partial charge < -0.3 is 15.4 Å². The fourth-order valence-corrected chi connectivity index (χ4v) is 4.18. The van der Waals surface area contributed by atoms with E-state index >= 15 is 0 Å². The minimum Gasteiger partial charge on any atom is -0.434 e. The van der Waals surface area contributed by atoms with Crippen LogP contribution in [0.4, 0.5) is 8.78 Å². The van der Waals surface area contributed by atoms with Gasteiger partial charge in [-0.3, -0.25) is 0 Å². The Morgan fingerprint density at radius 3 is 2.42 bits per heavy atom. The van der Waals surface area contributed by atoms with Crippen LogP contribution in [0.5, 0.6) is 5.75 Å². The Morgan fingerprint density at radius 1 is 1.06 bits per heavy atom. The number of rotatable bonds is 11. The van der Waals surface area contributed by atoms with Crippen LogP contribution in [0.15, 0.2) is 59.6 Å². The molecule has 0 heterocycles. The molecule has 2 aromatic rings. The maximum Gasteiger partial charge on any atom is 0.387 e. The Labute approximate surface area is 199 Å². The number of aliphatic imine (C=N–C) groups is 1. The molecule has 2 rings (SSSR count). The molecule has 0 bridgehead atoms. The minimum absolute atomic E-state index is 0. The van der Waals surface area contributed by atoms with Crippen molar-refractivity contribution in [2.75, 3.05) is 18.8 Å². The third-order valence-electron chi connectivity index (χ3n) is 4.09. The molecule has 0 spiro atoms. The van der Waals surface area contributed by atoms with Gasteiger partial charge in [0, 0.05) is 18.7 Å². The van der Waals surface area contributed by atoms with E-state index in [0.717, 1.165) is 5.56 Å². The highest BCUT2D eigenvalue weighted by Crippen LogP contribution is 2.20. The number of hydrogen-bond donors (Lipinski definition) is 2. The summed E-state index contributed by atoms with van der Waals surface area (Å²) in [6.45, 7) is 0.154. The highest BCUT2D eigenvalue weighted by atomic mass is 127. The molecule has 0 amide bonds. The second-order valence-electron chi connectivity index (χ2n) is 6.54. The van der Waals surface area contributed by atoms with Gasteiger partial charge in [-0.2, -0.15) is 8.78 Å². The van der Waals surface area contributed by atoms with Gasteiger partial charge in [-0.15, -0.1) is 24.0 Å². The Kier molecular flexibility index (Phi) is 12.4. The van der Waals surface area contributed by atoms with Crippen molar-refractivity contribution in [3.05, 3.63) is 65.7 Å². The van der Waals surface area contributed by atoms with Gasteiger partial charge in [-0.05, 0) is 25.0 Å². The molecule has 0 radical (unpaired) electrons. The molecule has 0 aliphatic rings. The zero-order valence-corrected chi connectivity index (χ0v) is 20.4. The molecule has 0 saturated heterocycles. The van der Waals surface area contributed by atoms with Crippen molar-refractivity contribution in [2.24, 2.45) is 4.99 Å². The first-order valence-corrected chi connectivity index (χ1v) is 11.5. The van der Waals surface area contributed by atoms with Gasteiger partial charge >= 0.3 is 6.61 Å². The molecule has 31 heavy (non-hydrogen) atoms. The van der Waals surface area contributed by atoms with E-state index < -0.39 is 16.4 Å². The normalized spacial score (nSPS) is 11.7. The molecule has 0 aliphatic carbocycles. The van der Waals surface area contributed by atoms with Gasteiger partial charge in [0.05, 0.1) is 18.1 Å². The lowest BCUT2D eigenvalue weighted by Crippen LogP contribution is -2.38. The van der Waals surface area contributed by atoms with E-state index in [-0.39, 0.29) is 47.8 Å². The van der Waals surface area contributed by atoms with E-state index in [1.165, 1.54) is 6.07 Å². The fraction of sp³-hybridized carbons (Fsp3) is 0.381. The number of guanidine groups is 1. The summed E-state index contributed by atoms with van der Waals surface area (Å²) >= 11 is 0. The second kappa shape index (κ2) is 14.2. The third-order valence-corrected chi connectivity index (χ3v) is 5.78. The van der Waals surface area contributed by atoms with E-state index in [0.29, 0.717) is 31.0 Å². The van der Waals surface area contributed by atoms with Crippen molar-refractivity contribution in [1.82, 2.24) is 10.6 Å². The summed E-state index contributed by atoms with van der Waals surface area (Å²) < 4.78 is 54.1. The number of sulfone groups is 1. The average molecular weight is 567 g/mol. The van der Waals surface area contributed by atoms with Gasteiger partial charge in [-0.1, -0.05) is 48.5 Å². The molecule has 2 aromatic carbocycles. The smallest absolute Gasteiger partial charge is 0.387 e. The molecule has 0 saturated carbocycles. The molecule has 10 heteroatoms. The first-order valence-electron chi connectivity index (χ1n) is 9.69. The molecule has 2 N–H and O–H groups in total. The molecule has 0 aromatic heterocycles. The molecule has 0 aliphatic heterocycles. The van der Waals surface area contributed by atoms with Gasteiger partial charge in [0.1, 0.15) is 5.75 Å². The summed E-state index contributed by atoms with van der Waals surface area (Å²) in [5.41, 5.74) is 1.30. The third kappa shape index (κ3) is 10.8. The van der Waals surface area contributed by atoms with Crippen LogP contribution in [-0.2, 0) is 22.1 Å². The Bertz CT molecular complexity index is 913. The topological polar surface area (TPSA) is 79.8 Å². The van der Waals surface area contributed by atoms with Gasteiger partial charge in [0.25, 0.3) is 0 Å². The van der Waals surface area contributed by atoms with E-state index in [2.05, 4.69) is 20.4 Å². The largest absolute Gasteiger partial charge is 0.434 e. The highest BCUT2D eigenvalue weighted by Gasteiger charge is 2.12. The van der Waals surface area contributed by atoms with Gasteiger partial charge in [0.2, 0.25) is 0 Å². The predicted molar refractivity (Wildman–Crippen MR) is 130 cm³/mol. The van der Waals surface area contributed by atoms with Crippen molar-refractivity contribution < 1.29 is 21.9 Å². The molecule has 0 atom stereocenters. The highest BCUT2D eigenvalue weighted by molar-refractivity contribution is 14.0. The monoisotopic (exact) mass is 567 g/mol. The quantitative estimate of drug-likeness (QED) is 0.186. The standard InChI is InChI=1S/C21H27F2N3O3S.HI/c1-2-24-21(26-15-18-11-6-7-12-19(18)29-20(22)23)25-13-8-14-30(27,28)16-17-9-4-3-5-10-17;/h3-7,9-12,20H,2,8,13-16H2,1H3,(H2,24,25,26);1H. The number of hydrogen-bond acceptors (Lipinski definition) is 4. The van der Waals surface area contributed by atoms with E-state index in [1.54, 1.807) is 30.3 Å². The summed E-state index contributed by atoms with van der Waals surface area (Å²) in [7, 11) is -3.21. The van der Waals surface area contributed by atoms with Crippen LogP contribution in [0, 0.1) is 0 Å². The molecular formula is C21H28F2IN3O3S. The molecule has 6 nitrogen and oxygen atoms in total. The van der Waals surface area contributed by atoms with Crippen molar-refractivity contribution in [3.8, 4) is 5.75 Å². The number of para-hydroxylation sites is 1. The second-order valence-corrected chi connectivity index (χ2v) is 8.72. The molecular weight excluding hydrogens is 539 g/mol. The maximum absolute atomic E-state index is 12.5. The van der Waals surface area contributed by atoms with Crippen molar-refractivity contribution in [3.63, 3.8) is 0 Å². The van der Waals surface area contributed by atoms with Crippen molar-refractivity contribution in [1.29, 1.82) is 0 Å². The number of benzene rings is 2. The maximum atomic E-state index is 12.5. The van der Waals surface area contributed by atoms with Crippen LogP contribution in [0.2, 0.25) is 0 Å². The number of nitrogens with zero attached hydrogens (tertiary/aromatic N) is 1. The lowest BCUT2D eigenvalue weighted by molar-refractivity contribution is -0.0504. The fourth-order valence-electron chi connectivity index (χ4n) is 2.75. The lowest BCUT2D eigenvalue weighted by Gasteiger charge is -2.13. The van der Waals surface area contributed by atoms with E-state index in [4.69, 9.17) is 0 Å². The summed E-state index contributed by atoms with van der Waals surface area (Å²) in [6, 6.07) is 15.5. The first kappa shape index (κ1) is 27.1. The van der Waals surface area contributed by atoms with E-state index in [1.807, 2.05) is 25.1 Å². The SMILES string of the molecule is CCNC(=NCc1ccccc1OC(F)F)NCCCS(=O)(=O)Cc1ccccc1.I. The summed E-state index contributed by atoms with van der Waals surface area (Å²) in [6.07, 6.45) is 0.421. The van der Waals surface area contributed by atoms with Crippen molar-refractivity contribution in [2.45, 2.75) is 32.3 Å². The number of alkyl halides is 2. The summed E-state index contributed by atoms with van der Waals surface area (Å²) in [5, 5.41) is 6.12. The zero-order valence-electron chi connectivity index (χ0n) is 17.3. The van der Waals surface area contributed by atoms with Crippen LogP contribution < -0.4 is 15.4 Å². The number of nitrogens with one attached hydrogen (secondary N) is 2. The van der Waals surface area contributed by atoms with Crippen LogP contribution in [0.3, 0.4) is 0 Å². The van der Waals surface area contributed by atoms with Crippen LogP contribution >= 0.6 is 24.0 Å². The lowest BCUT2D eigenvalue weighted by atomic mass is 10.2.